The number of rotatable bonds is 6. The number of nitrogens with zero attached hydrogens (tertiary/aromatic N) is 2. The lowest BCUT2D eigenvalue weighted by Gasteiger charge is -2.09. The molecule has 1 unspecified atom stereocenters. The number of hydrogen-bond donors (Lipinski definition) is 1. The van der Waals surface area contributed by atoms with Crippen LogP contribution in [0.1, 0.15) is 12.0 Å². The molecule has 0 spiro atoms. The third kappa shape index (κ3) is 5.05. The van der Waals surface area contributed by atoms with Gasteiger partial charge in [-0.1, -0.05) is 28.9 Å². The minimum atomic E-state index is -1.06. The Hall–Kier alpha value is -3.53. The van der Waals surface area contributed by atoms with Crippen molar-refractivity contribution in [1.29, 1.82) is 0 Å². The first kappa shape index (κ1) is 20.2. The maximum absolute atomic E-state index is 13.3. The zero-order valence-electron chi connectivity index (χ0n) is 14.6. The summed E-state index contributed by atoms with van der Waals surface area (Å²) in [4.78, 5) is 39.1. The third-order valence-corrected chi connectivity index (χ3v) is 4.18. The number of carbonyl (C=O) groups is 2. The summed E-state index contributed by atoms with van der Waals surface area (Å²) in [5.74, 6) is -1.98. The summed E-state index contributed by atoms with van der Waals surface area (Å²) in [6.07, 6.45) is -0.995. The van der Waals surface area contributed by atoms with E-state index in [-0.39, 0.29) is 22.8 Å². The van der Waals surface area contributed by atoms with E-state index in [0.717, 1.165) is 6.07 Å². The van der Waals surface area contributed by atoms with Crippen LogP contribution in [0.25, 0.3) is 0 Å². The van der Waals surface area contributed by atoms with Gasteiger partial charge in [-0.2, -0.15) is 0 Å². The van der Waals surface area contributed by atoms with E-state index in [1.807, 2.05) is 0 Å². The van der Waals surface area contributed by atoms with E-state index in [0.29, 0.717) is 11.3 Å². The second kappa shape index (κ2) is 8.65. The van der Waals surface area contributed by atoms with Crippen LogP contribution in [0.3, 0.4) is 0 Å². The molecule has 150 valence electrons. The van der Waals surface area contributed by atoms with Crippen LogP contribution in [0.15, 0.2) is 47.6 Å². The van der Waals surface area contributed by atoms with Crippen molar-refractivity contribution in [2.45, 2.75) is 12.5 Å². The van der Waals surface area contributed by atoms with Gasteiger partial charge in [0.05, 0.1) is 10.6 Å². The molecule has 2 aromatic rings. The van der Waals surface area contributed by atoms with Gasteiger partial charge in [-0.25, -0.2) is 9.18 Å². The van der Waals surface area contributed by atoms with E-state index in [2.05, 4.69) is 10.5 Å². The van der Waals surface area contributed by atoms with Crippen LogP contribution in [0.2, 0.25) is 5.02 Å². The van der Waals surface area contributed by atoms with Gasteiger partial charge >= 0.3 is 5.97 Å². The summed E-state index contributed by atoms with van der Waals surface area (Å²) in [5.41, 5.74) is 0.602. The summed E-state index contributed by atoms with van der Waals surface area (Å²) in [6, 6.07) is 9.38. The Labute approximate surface area is 168 Å². The topological polar surface area (TPSA) is 120 Å². The molecule has 0 aromatic heterocycles. The molecule has 0 fully saturated rings. The van der Waals surface area contributed by atoms with E-state index in [1.165, 1.54) is 30.3 Å². The number of anilines is 1. The van der Waals surface area contributed by atoms with E-state index in [1.54, 1.807) is 6.07 Å². The fourth-order valence-electron chi connectivity index (χ4n) is 2.50. The number of nitrogens with one attached hydrogen (secondary N) is 1. The number of esters is 1. The van der Waals surface area contributed by atoms with Crippen LogP contribution in [-0.2, 0) is 19.2 Å². The highest BCUT2D eigenvalue weighted by Gasteiger charge is 2.30. The lowest BCUT2D eigenvalue weighted by molar-refractivity contribution is -0.384. The number of carbonyl (C=O) groups excluding carboxylic acids is 2. The quantitative estimate of drug-likeness (QED) is 0.434. The van der Waals surface area contributed by atoms with E-state index >= 15 is 0 Å². The van der Waals surface area contributed by atoms with Crippen molar-refractivity contribution in [1.82, 2.24) is 0 Å². The van der Waals surface area contributed by atoms with Crippen molar-refractivity contribution in [2.75, 3.05) is 11.9 Å². The van der Waals surface area contributed by atoms with Crippen molar-refractivity contribution in [2.24, 2.45) is 5.16 Å². The Kier molecular flexibility index (Phi) is 6.03. The SMILES string of the molecule is O=C(COC(=O)C1CC(c2cccc(F)c2)=NO1)Nc1ccc(Cl)c([N+](=O)[O-])c1. The van der Waals surface area contributed by atoms with Gasteiger partial charge in [0.2, 0.25) is 6.10 Å². The molecule has 0 saturated carbocycles. The summed E-state index contributed by atoms with van der Waals surface area (Å²) >= 11 is 5.70. The molecule has 1 N–H and O–H groups in total. The Bertz CT molecular complexity index is 1010. The predicted octanol–water partition coefficient (Wildman–Crippen LogP) is 3.06. The third-order valence-electron chi connectivity index (χ3n) is 3.86. The summed E-state index contributed by atoms with van der Waals surface area (Å²) in [6.45, 7) is -0.635. The standard InChI is InChI=1S/C18H13ClFN3O6/c19-13-5-4-12(7-15(13)23(26)27)21-17(24)9-28-18(25)16-8-14(22-29-16)10-2-1-3-11(20)6-10/h1-7,16H,8-9H2,(H,21,24). The van der Waals surface area contributed by atoms with Gasteiger partial charge in [0.1, 0.15) is 10.8 Å². The molecule has 9 nitrogen and oxygen atoms in total. The van der Waals surface area contributed by atoms with Gasteiger partial charge in [0, 0.05) is 23.7 Å². The van der Waals surface area contributed by atoms with Gasteiger partial charge in [-0.05, 0) is 24.3 Å². The first-order valence-electron chi connectivity index (χ1n) is 8.22. The average molecular weight is 422 g/mol. The number of ether oxygens (including phenoxy) is 1. The molecule has 0 saturated heterocycles. The maximum Gasteiger partial charge on any atom is 0.351 e. The van der Waals surface area contributed by atoms with Crippen molar-refractivity contribution < 1.29 is 28.5 Å². The normalized spacial score (nSPS) is 15.2. The number of hydrogen-bond acceptors (Lipinski definition) is 7. The summed E-state index contributed by atoms with van der Waals surface area (Å²) in [7, 11) is 0. The van der Waals surface area contributed by atoms with Crippen molar-refractivity contribution in [3.8, 4) is 0 Å². The Balaban J connectivity index is 1.50. The Morgan fingerprint density at radius 2 is 2.14 bits per heavy atom. The molecular formula is C18H13ClFN3O6. The van der Waals surface area contributed by atoms with Crippen LogP contribution >= 0.6 is 11.6 Å². The fourth-order valence-corrected chi connectivity index (χ4v) is 2.69. The zero-order valence-corrected chi connectivity index (χ0v) is 15.4. The molecular weight excluding hydrogens is 409 g/mol. The zero-order chi connectivity index (χ0) is 21.0. The average Bonchev–Trinajstić information content (AvgIpc) is 3.18. The second-order valence-electron chi connectivity index (χ2n) is 5.93. The van der Waals surface area contributed by atoms with Crippen LogP contribution < -0.4 is 5.32 Å². The van der Waals surface area contributed by atoms with E-state index in [4.69, 9.17) is 21.2 Å². The number of amides is 1. The van der Waals surface area contributed by atoms with E-state index < -0.39 is 35.3 Å². The highest BCUT2D eigenvalue weighted by Crippen LogP contribution is 2.27. The number of benzene rings is 2. The van der Waals surface area contributed by atoms with Crippen molar-refractivity contribution >= 4 is 40.6 Å². The Morgan fingerprint density at radius 1 is 1.34 bits per heavy atom. The number of nitro groups is 1. The van der Waals surface area contributed by atoms with Crippen LogP contribution in [0.5, 0.6) is 0 Å². The minimum Gasteiger partial charge on any atom is -0.453 e. The molecule has 0 bridgehead atoms. The maximum atomic E-state index is 13.3. The largest absolute Gasteiger partial charge is 0.453 e. The van der Waals surface area contributed by atoms with Crippen LogP contribution in [0.4, 0.5) is 15.8 Å². The lowest BCUT2D eigenvalue weighted by atomic mass is 10.1. The highest BCUT2D eigenvalue weighted by molar-refractivity contribution is 6.32. The fraction of sp³-hybridized carbons (Fsp3) is 0.167. The molecule has 11 heteroatoms. The van der Waals surface area contributed by atoms with Gasteiger partial charge in [-0.15, -0.1) is 0 Å². The predicted molar refractivity (Wildman–Crippen MR) is 100 cm³/mol. The number of oxime groups is 1. The second-order valence-corrected chi connectivity index (χ2v) is 6.33. The summed E-state index contributed by atoms with van der Waals surface area (Å²) < 4.78 is 18.2. The molecule has 0 aliphatic carbocycles. The molecule has 1 heterocycles. The first-order valence-corrected chi connectivity index (χ1v) is 8.60. The molecule has 1 aliphatic heterocycles. The van der Waals surface area contributed by atoms with Gasteiger partial charge in [-0.3, -0.25) is 14.9 Å². The molecule has 1 atom stereocenters. The molecule has 29 heavy (non-hydrogen) atoms. The highest BCUT2D eigenvalue weighted by atomic mass is 35.5. The van der Waals surface area contributed by atoms with Crippen molar-refractivity contribution in [3.63, 3.8) is 0 Å². The summed E-state index contributed by atoms with van der Waals surface area (Å²) in [5, 5.41) is 16.9. The monoisotopic (exact) mass is 421 g/mol. The van der Waals surface area contributed by atoms with Gasteiger partial charge in [0.15, 0.2) is 6.61 Å². The van der Waals surface area contributed by atoms with Gasteiger partial charge < -0.3 is 14.9 Å². The first-order chi connectivity index (χ1) is 13.8. The number of nitro benzene ring substituents is 1. The Morgan fingerprint density at radius 3 is 2.86 bits per heavy atom. The molecule has 1 aliphatic rings. The smallest absolute Gasteiger partial charge is 0.351 e. The molecule has 0 radical (unpaired) electrons. The van der Waals surface area contributed by atoms with Crippen LogP contribution in [0, 0.1) is 15.9 Å². The van der Waals surface area contributed by atoms with Crippen molar-refractivity contribution in [3.05, 3.63) is 69.0 Å². The molecule has 1 amide bonds. The molecule has 2 aromatic carbocycles. The lowest BCUT2D eigenvalue weighted by Crippen LogP contribution is -2.28. The van der Waals surface area contributed by atoms with Crippen LogP contribution in [-0.4, -0.2) is 35.2 Å². The van der Waals surface area contributed by atoms with E-state index in [9.17, 15) is 24.1 Å². The minimum absolute atomic E-state index is 0.0628. The molecule has 3 rings (SSSR count). The number of halogens is 2. The van der Waals surface area contributed by atoms with Gasteiger partial charge in [0.25, 0.3) is 11.6 Å².